The summed E-state index contributed by atoms with van der Waals surface area (Å²) in [5.74, 6) is 0.838. The third-order valence-electron chi connectivity index (χ3n) is 4.31. The van der Waals surface area contributed by atoms with Crippen molar-refractivity contribution in [2.24, 2.45) is 0 Å². The monoisotopic (exact) mass is 282 g/mol. The van der Waals surface area contributed by atoms with Crippen LogP contribution >= 0.6 is 0 Å². The highest BCUT2D eigenvalue weighted by Crippen LogP contribution is 2.29. The molecule has 110 valence electrons. The van der Waals surface area contributed by atoms with Crippen molar-refractivity contribution in [3.8, 4) is 11.4 Å². The summed E-state index contributed by atoms with van der Waals surface area (Å²) < 4.78 is 0. The number of hydrogen-bond acceptors (Lipinski definition) is 4. The smallest absolute Gasteiger partial charge is 0.159 e. The first-order valence-corrected chi connectivity index (χ1v) is 7.79. The second-order valence-corrected chi connectivity index (χ2v) is 5.57. The van der Waals surface area contributed by atoms with E-state index in [0.29, 0.717) is 6.04 Å². The number of fused-ring (bicyclic) bond motifs is 1. The van der Waals surface area contributed by atoms with Crippen molar-refractivity contribution in [1.29, 1.82) is 0 Å². The number of aryl methyl sites for hydroxylation is 2. The second kappa shape index (κ2) is 6.31. The van der Waals surface area contributed by atoms with Gasteiger partial charge in [-0.2, -0.15) is 0 Å². The predicted octanol–water partition coefficient (Wildman–Crippen LogP) is 3.09. The number of aromatic nitrogens is 3. The number of pyridine rings is 1. The van der Waals surface area contributed by atoms with E-state index in [4.69, 9.17) is 4.98 Å². The maximum absolute atomic E-state index is 4.87. The van der Waals surface area contributed by atoms with E-state index in [0.717, 1.165) is 24.2 Å². The molecule has 0 aromatic carbocycles. The lowest BCUT2D eigenvalue weighted by Crippen LogP contribution is -2.17. The Kier molecular flexibility index (Phi) is 4.25. The molecule has 3 rings (SSSR count). The molecule has 2 aromatic rings. The molecule has 0 amide bonds. The fourth-order valence-electron chi connectivity index (χ4n) is 3.07. The van der Waals surface area contributed by atoms with Crippen molar-refractivity contribution in [3.05, 3.63) is 41.5 Å². The van der Waals surface area contributed by atoms with E-state index in [1.807, 2.05) is 31.7 Å². The van der Waals surface area contributed by atoms with E-state index in [-0.39, 0.29) is 0 Å². The molecule has 0 spiro atoms. The van der Waals surface area contributed by atoms with Crippen LogP contribution in [0.15, 0.2) is 24.7 Å². The molecule has 4 heteroatoms. The summed E-state index contributed by atoms with van der Waals surface area (Å²) in [6, 6.07) is 2.41. The highest BCUT2D eigenvalue weighted by Gasteiger charge is 2.20. The summed E-state index contributed by atoms with van der Waals surface area (Å²) in [7, 11) is 2.02. The van der Waals surface area contributed by atoms with Crippen molar-refractivity contribution < 1.29 is 0 Å². The Labute approximate surface area is 126 Å². The van der Waals surface area contributed by atoms with Crippen LogP contribution in [0.5, 0.6) is 0 Å². The van der Waals surface area contributed by atoms with Gasteiger partial charge in [0.15, 0.2) is 5.82 Å². The Balaban J connectivity index is 2.04. The topological polar surface area (TPSA) is 50.7 Å². The molecule has 1 aliphatic carbocycles. The molecular formula is C17H22N4. The number of rotatable bonds is 3. The van der Waals surface area contributed by atoms with Crippen molar-refractivity contribution in [3.63, 3.8) is 0 Å². The minimum Gasteiger partial charge on any atom is -0.313 e. The van der Waals surface area contributed by atoms with E-state index in [1.165, 1.54) is 36.1 Å². The SMILES string of the molecule is CCc1cnccc1-c1ncc2c(n1)CCCCC2NC. The van der Waals surface area contributed by atoms with Crippen LogP contribution in [0.25, 0.3) is 11.4 Å². The molecule has 2 aromatic heterocycles. The maximum atomic E-state index is 4.87. The second-order valence-electron chi connectivity index (χ2n) is 5.57. The van der Waals surface area contributed by atoms with Crippen LogP contribution in [0.3, 0.4) is 0 Å². The van der Waals surface area contributed by atoms with Crippen LogP contribution < -0.4 is 5.32 Å². The lowest BCUT2D eigenvalue weighted by molar-refractivity contribution is 0.532. The summed E-state index contributed by atoms with van der Waals surface area (Å²) in [4.78, 5) is 13.7. The van der Waals surface area contributed by atoms with Gasteiger partial charge in [0.2, 0.25) is 0 Å². The van der Waals surface area contributed by atoms with E-state index < -0.39 is 0 Å². The summed E-state index contributed by atoms with van der Waals surface area (Å²) >= 11 is 0. The third kappa shape index (κ3) is 2.81. The molecule has 0 bridgehead atoms. The molecule has 0 fully saturated rings. The fourth-order valence-corrected chi connectivity index (χ4v) is 3.07. The first-order valence-electron chi connectivity index (χ1n) is 7.79. The minimum absolute atomic E-state index is 0.389. The van der Waals surface area contributed by atoms with Gasteiger partial charge >= 0.3 is 0 Å². The molecule has 1 N–H and O–H groups in total. The lowest BCUT2D eigenvalue weighted by atomic mass is 10.0. The van der Waals surface area contributed by atoms with Crippen LogP contribution in [0, 0.1) is 0 Å². The first kappa shape index (κ1) is 14.1. The lowest BCUT2D eigenvalue weighted by Gasteiger charge is -2.16. The summed E-state index contributed by atoms with van der Waals surface area (Å²) in [6.07, 6.45) is 11.4. The van der Waals surface area contributed by atoms with Gasteiger partial charge in [-0.3, -0.25) is 4.98 Å². The van der Waals surface area contributed by atoms with Gasteiger partial charge in [-0.15, -0.1) is 0 Å². The van der Waals surface area contributed by atoms with Crippen molar-refractivity contribution in [2.75, 3.05) is 7.05 Å². The van der Waals surface area contributed by atoms with E-state index in [9.17, 15) is 0 Å². The first-order chi connectivity index (χ1) is 10.3. The Hall–Kier alpha value is -1.81. The predicted molar refractivity (Wildman–Crippen MR) is 84.0 cm³/mol. The molecule has 2 heterocycles. The van der Waals surface area contributed by atoms with Crippen LogP contribution in [0.1, 0.15) is 49.0 Å². The highest BCUT2D eigenvalue weighted by molar-refractivity contribution is 5.59. The van der Waals surface area contributed by atoms with Gasteiger partial charge in [0.25, 0.3) is 0 Å². The van der Waals surface area contributed by atoms with E-state index in [1.54, 1.807) is 0 Å². The molecular weight excluding hydrogens is 260 g/mol. The van der Waals surface area contributed by atoms with Gasteiger partial charge in [0.1, 0.15) is 0 Å². The van der Waals surface area contributed by atoms with E-state index >= 15 is 0 Å². The van der Waals surface area contributed by atoms with Gasteiger partial charge in [-0.25, -0.2) is 9.97 Å². The van der Waals surface area contributed by atoms with Gasteiger partial charge in [-0.1, -0.05) is 13.3 Å². The molecule has 0 saturated heterocycles. The minimum atomic E-state index is 0.389. The zero-order chi connectivity index (χ0) is 14.7. The van der Waals surface area contributed by atoms with Crippen LogP contribution in [0.4, 0.5) is 0 Å². The highest BCUT2D eigenvalue weighted by atomic mass is 14.9. The average molecular weight is 282 g/mol. The molecule has 1 atom stereocenters. The molecule has 0 aliphatic heterocycles. The summed E-state index contributed by atoms with van der Waals surface area (Å²) in [5.41, 5.74) is 4.79. The standard InChI is InChI=1S/C17H22N4/c1-3-12-10-19-9-8-13(12)17-20-11-14-15(18-2)6-4-5-7-16(14)21-17/h8-11,15,18H,3-7H2,1-2H3. The van der Waals surface area contributed by atoms with Gasteiger partial charge < -0.3 is 5.32 Å². The molecule has 1 aliphatic rings. The van der Waals surface area contributed by atoms with Crippen LogP contribution in [-0.2, 0) is 12.8 Å². The zero-order valence-corrected chi connectivity index (χ0v) is 12.8. The Morgan fingerprint density at radius 2 is 2.19 bits per heavy atom. The molecule has 0 saturated carbocycles. The summed E-state index contributed by atoms with van der Waals surface area (Å²) in [6.45, 7) is 2.14. The fraction of sp³-hybridized carbons (Fsp3) is 0.471. The normalized spacial score (nSPS) is 18.1. The largest absolute Gasteiger partial charge is 0.313 e. The van der Waals surface area contributed by atoms with E-state index in [2.05, 4.69) is 22.2 Å². The molecule has 21 heavy (non-hydrogen) atoms. The number of nitrogens with zero attached hydrogens (tertiary/aromatic N) is 3. The summed E-state index contributed by atoms with van der Waals surface area (Å²) in [5, 5.41) is 3.39. The molecule has 1 unspecified atom stereocenters. The molecule has 4 nitrogen and oxygen atoms in total. The van der Waals surface area contributed by atoms with Gasteiger partial charge in [0.05, 0.1) is 0 Å². The third-order valence-corrected chi connectivity index (χ3v) is 4.31. The van der Waals surface area contributed by atoms with Crippen molar-refractivity contribution >= 4 is 0 Å². The van der Waals surface area contributed by atoms with Crippen molar-refractivity contribution in [2.45, 2.75) is 45.1 Å². The Morgan fingerprint density at radius 1 is 1.29 bits per heavy atom. The van der Waals surface area contributed by atoms with Crippen LogP contribution in [-0.4, -0.2) is 22.0 Å². The average Bonchev–Trinajstić information content (AvgIpc) is 2.76. The Morgan fingerprint density at radius 3 is 3.00 bits per heavy atom. The maximum Gasteiger partial charge on any atom is 0.159 e. The van der Waals surface area contributed by atoms with Crippen LogP contribution in [0.2, 0.25) is 0 Å². The quantitative estimate of drug-likeness (QED) is 0.879. The number of nitrogens with one attached hydrogen (secondary N) is 1. The van der Waals surface area contributed by atoms with Crippen molar-refractivity contribution in [1.82, 2.24) is 20.3 Å². The molecule has 0 radical (unpaired) electrons. The van der Waals surface area contributed by atoms with Gasteiger partial charge in [-0.05, 0) is 44.4 Å². The Bertz CT molecular complexity index is 624. The number of hydrogen-bond donors (Lipinski definition) is 1. The van der Waals surface area contributed by atoms with Gasteiger partial charge in [0, 0.05) is 41.5 Å². The zero-order valence-electron chi connectivity index (χ0n) is 12.8.